The summed E-state index contributed by atoms with van der Waals surface area (Å²) in [6, 6.07) is 1.86. The van der Waals surface area contributed by atoms with E-state index in [4.69, 9.17) is 0 Å². The first-order valence-corrected chi connectivity index (χ1v) is 9.07. The molecule has 1 fully saturated rings. The second-order valence-electron chi connectivity index (χ2n) is 6.91. The minimum atomic E-state index is -0.457. The van der Waals surface area contributed by atoms with E-state index in [2.05, 4.69) is 48.1 Å². The van der Waals surface area contributed by atoms with Gasteiger partial charge in [-0.2, -0.15) is 9.97 Å². The van der Waals surface area contributed by atoms with Crippen molar-refractivity contribution in [1.29, 1.82) is 0 Å². The summed E-state index contributed by atoms with van der Waals surface area (Å²) in [5, 5.41) is 18.2. The summed E-state index contributed by atoms with van der Waals surface area (Å²) in [6.07, 6.45) is 6.01. The van der Waals surface area contributed by atoms with Gasteiger partial charge in [0.15, 0.2) is 5.82 Å². The summed E-state index contributed by atoms with van der Waals surface area (Å²) < 4.78 is 1.49. The van der Waals surface area contributed by atoms with Crippen LogP contribution in [0.15, 0.2) is 18.5 Å². The van der Waals surface area contributed by atoms with Gasteiger partial charge in [-0.3, -0.25) is 4.79 Å². The van der Waals surface area contributed by atoms with Gasteiger partial charge in [0, 0.05) is 19.3 Å². The fraction of sp³-hybridized carbons (Fsp3) is 0.471. The molecule has 4 N–H and O–H groups in total. The van der Waals surface area contributed by atoms with Gasteiger partial charge in [-0.15, -0.1) is 5.10 Å². The molecular formula is C17H23N9O. The van der Waals surface area contributed by atoms with Crippen LogP contribution in [-0.4, -0.2) is 48.9 Å². The Morgan fingerprint density at radius 1 is 1.33 bits per heavy atom. The van der Waals surface area contributed by atoms with Crippen molar-refractivity contribution in [3.8, 4) is 0 Å². The summed E-state index contributed by atoms with van der Waals surface area (Å²) in [5.41, 5.74) is 0.740. The Balaban J connectivity index is 1.57. The van der Waals surface area contributed by atoms with E-state index in [1.165, 1.54) is 17.5 Å². The van der Waals surface area contributed by atoms with Crippen molar-refractivity contribution in [1.82, 2.24) is 35.3 Å². The first-order valence-electron chi connectivity index (χ1n) is 9.07. The molecule has 1 aliphatic rings. The van der Waals surface area contributed by atoms with Gasteiger partial charge in [-0.05, 0) is 38.7 Å². The van der Waals surface area contributed by atoms with Crippen molar-refractivity contribution in [3.05, 3.63) is 18.5 Å². The van der Waals surface area contributed by atoms with Crippen LogP contribution >= 0.6 is 0 Å². The molecule has 1 saturated carbocycles. The number of nitrogens with one attached hydrogen (secondary N) is 4. The third-order valence-corrected chi connectivity index (χ3v) is 4.88. The van der Waals surface area contributed by atoms with Gasteiger partial charge in [0.1, 0.15) is 17.5 Å². The minimum Gasteiger partial charge on any atom is -0.367 e. The Hall–Kier alpha value is -3.17. The van der Waals surface area contributed by atoms with Crippen LogP contribution < -0.4 is 16.0 Å². The van der Waals surface area contributed by atoms with Gasteiger partial charge in [-0.25, -0.2) is 4.68 Å². The third kappa shape index (κ3) is 3.55. The normalized spacial score (nSPS) is 16.1. The van der Waals surface area contributed by atoms with Gasteiger partial charge in [0.25, 0.3) is 0 Å². The highest BCUT2D eigenvalue weighted by atomic mass is 16.2. The quantitative estimate of drug-likeness (QED) is 0.500. The lowest BCUT2D eigenvalue weighted by molar-refractivity contribution is -0.123. The number of likely N-dealkylation sites (N-methyl/N-ethyl adjacent to an activating group) is 1. The lowest BCUT2D eigenvalue weighted by Gasteiger charge is -2.15. The maximum absolute atomic E-state index is 11.7. The van der Waals surface area contributed by atoms with Crippen LogP contribution in [0.1, 0.15) is 32.7 Å². The first-order chi connectivity index (χ1) is 13.0. The molecule has 3 heterocycles. The second kappa shape index (κ2) is 6.86. The zero-order chi connectivity index (χ0) is 19.0. The maximum atomic E-state index is 11.7. The monoisotopic (exact) mass is 369 g/mol. The molecule has 1 aliphatic carbocycles. The van der Waals surface area contributed by atoms with Gasteiger partial charge in [-0.1, -0.05) is 5.21 Å². The summed E-state index contributed by atoms with van der Waals surface area (Å²) in [7, 11) is 1.59. The number of aromatic nitrogens is 6. The second-order valence-corrected chi connectivity index (χ2v) is 6.91. The van der Waals surface area contributed by atoms with E-state index in [1.807, 2.05) is 12.3 Å². The molecule has 4 rings (SSSR count). The first kappa shape index (κ1) is 17.3. The fourth-order valence-corrected chi connectivity index (χ4v) is 3.00. The number of rotatable bonds is 7. The van der Waals surface area contributed by atoms with Crippen molar-refractivity contribution in [2.24, 2.45) is 5.92 Å². The van der Waals surface area contributed by atoms with Crippen LogP contribution in [0.4, 0.5) is 17.6 Å². The molecule has 1 unspecified atom stereocenters. The number of fused-ring (bicyclic) bond motifs is 1. The number of anilines is 3. The highest BCUT2D eigenvalue weighted by Crippen LogP contribution is 2.34. The molecule has 10 heteroatoms. The maximum Gasteiger partial charge on any atom is 0.244 e. The number of hydrogen-bond donors (Lipinski definition) is 4. The standard InChI is InChI=1S/C17H23N9O/c1-9(11-4-5-11)20-15-12-6-7-19-14(12)22-17(23-15)21-13-8-26(25-24-13)10(2)16(27)18-3/h6-11H,4-5H2,1-3H3,(H,18,27)(H3,19,20,21,22,23)/t9-,10?/m1/s1. The molecule has 2 atom stereocenters. The average molecular weight is 369 g/mol. The van der Waals surface area contributed by atoms with Gasteiger partial charge in [0.2, 0.25) is 11.9 Å². The van der Waals surface area contributed by atoms with Crippen molar-refractivity contribution >= 4 is 34.5 Å². The van der Waals surface area contributed by atoms with Crippen LogP contribution in [0.2, 0.25) is 0 Å². The highest BCUT2D eigenvalue weighted by Gasteiger charge is 2.28. The Kier molecular flexibility index (Phi) is 4.38. The number of carbonyl (C=O) groups excluding carboxylic acids is 1. The summed E-state index contributed by atoms with van der Waals surface area (Å²) >= 11 is 0. The van der Waals surface area contributed by atoms with E-state index in [1.54, 1.807) is 20.2 Å². The molecule has 1 amide bonds. The van der Waals surface area contributed by atoms with Gasteiger partial charge < -0.3 is 20.9 Å². The lowest BCUT2D eigenvalue weighted by atomic mass is 10.2. The van der Waals surface area contributed by atoms with Crippen molar-refractivity contribution in [2.45, 2.75) is 38.8 Å². The van der Waals surface area contributed by atoms with Crippen LogP contribution in [0.5, 0.6) is 0 Å². The molecule has 142 valence electrons. The van der Waals surface area contributed by atoms with Crippen LogP contribution in [0.25, 0.3) is 11.0 Å². The zero-order valence-corrected chi connectivity index (χ0v) is 15.5. The molecule has 3 aromatic heterocycles. The highest BCUT2D eigenvalue weighted by molar-refractivity contribution is 5.88. The average Bonchev–Trinajstić information content (AvgIpc) is 3.24. The molecule has 0 spiro atoms. The Morgan fingerprint density at radius 2 is 2.15 bits per heavy atom. The molecule has 0 radical (unpaired) electrons. The van der Waals surface area contributed by atoms with Crippen LogP contribution in [0, 0.1) is 5.92 Å². The molecular weight excluding hydrogens is 346 g/mol. The molecule has 10 nitrogen and oxygen atoms in total. The van der Waals surface area contributed by atoms with Crippen molar-refractivity contribution < 1.29 is 4.79 Å². The largest absolute Gasteiger partial charge is 0.367 e. The minimum absolute atomic E-state index is 0.143. The van der Waals surface area contributed by atoms with Gasteiger partial charge >= 0.3 is 0 Å². The number of amides is 1. The number of nitrogens with zero attached hydrogens (tertiary/aromatic N) is 5. The number of H-pyrrole nitrogens is 1. The predicted molar refractivity (Wildman–Crippen MR) is 102 cm³/mol. The van der Waals surface area contributed by atoms with Crippen LogP contribution in [-0.2, 0) is 4.79 Å². The number of hydrogen-bond acceptors (Lipinski definition) is 7. The van der Waals surface area contributed by atoms with E-state index in [0.717, 1.165) is 16.9 Å². The summed E-state index contributed by atoms with van der Waals surface area (Å²) in [6.45, 7) is 3.93. The summed E-state index contributed by atoms with van der Waals surface area (Å²) in [4.78, 5) is 24.0. The van der Waals surface area contributed by atoms with E-state index >= 15 is 0 Å². The third-order valence-electron chi connectivity index (χ3n) is 4.88. The molecule has 3 aromatic rings. The molecule has 0 saturated heterocycles. The van der Waals surface area contributed by atoms with E-state index in [-0.39, 0.29) is 5.91 Å². The number of aromatic amines is 1. The van der Waals surface area contributed by atoms with Gasteiger partial charge in [0.05, 0.1) is 11.6 Å². The van der Waals surface area contributed by atoms with Crippen molar-refractivity contribution in [2.75, 3.05) is 17.7 Å². The van der Waals surface area contributed by atoms with E-state index in [0.29, 0.717) is 23.7 Å². The molecule has 27 heavy (non-hydrogen) atoms. The Labute approximate surface area is 156 Å². The fourth-order valence-electron chi connectivity index (χ4n) is 3.00. The van der Waals surface area contributed by atoms with Crippen molar-refractivity contribution in [3.63, 3.8) is 0 Å². The smallest absolute Gasteiger partial charge is 0.244 e. The van der Waals surface area contributed by atoms with E-state index in [9.17, 15) is 4.79 Å². The number of carbonyl (C=O) groups is 1. The SMILES string of the molecule is CNC(=O)C(C)n1cc(Nc2nc(N[C@H](C)C3CC3)c3cc[nH]c3n2)nn1. The Bertz CT molecular complexity index is 958. The Morgan fingerprint density at radius 3 is 2.89 bits per heavy atom. The lowest BCUT2D eigenvalue weighted by Crippen LogP contribution is -2.28. The predicted octanol–water partition coefficient (Wildman–Crippen LogP) is 1.81. The molecule has 0 bridgehead atoms. The molecule has 0 aromatic carbocycles. The topological polar surface area (TPSA) is 125 Å². The van der Waals surface area contributed by atoms with E-state index < -0.39 is 6.04 Å². The van der Waals surface area contributed by atoms with Crippen LogP contribution in [0.3, 0.4) is 0 Å². The zero-order valence-electron chi connectivity index (χ0n) is 15.5. The summed E-state index contributed by atoms with van der Waals surface area (Å²) in [5.74, 6) is 2.23. The molecule has 0 aliphatic heterocycles.